The second kappa shape index (κ2) is 5.53. The van der Waals surface area contributed by atoms with Crippen LogP contribution in [0.15, 0.2) is 0 Å². The molecule has 0 aliphatic carbocycles. The minimum atomic E-state index is -0.0198. The molecule has 1 amide bonds. The van der Waals surface area contributed by atoms with E-state index in [-0.39, 0.29) is 11.4 Å². The zero-order chi connectivity index (χ0) is 9.61. The lowest BCUT2D eigenvalue weighted by Crippen LogP contribution is -2.42. The first-order valence-electron chi connectivity index (χ1n) is 4.47. The Kier molecular flexibility index (Phi) is 5.48. The van der Waals surface area contributed by atoms with Crippen LogP contribution in [0.1, 0.15) is 34.1 Å². The number of hydrogen-bond acceptors (Lipinski definition) is 1. The SMILES string of the molecule is CCPCCC(C)(C)NC(C)=O. The Morgan fingerprint density at radius 1 is 1.50 bits per heavy atom. The highest BCUT2D eigenvalue weighted by Gasteiger charge is 2.17. The average molecular weight is 189 g/mol. The fraction of sp³-hybridized carbons (Fsp3) is 0.889. The minimum Gasteiger partial charge on any atom is -0.351 e. The van der Waals surface area contributed by atoms with Gasteiger partial charge in [0.2, 0.25) is 5.91 Å². The molecule has 12 heavy (non-hydrogen) atoms. The van der Waals surface area contributed by atoms with Crippen molar-refractivity contribution in [3.63, 3.8) is 0 Å². The van der Waals surface area contributed by atoms with Gasteiger partial charge in [0.1, 0.15) is 0 Å². The number of rotatable bonds is 5. The van der Waals surface area contributed by atoms with Gasteiger partial charge < -0.3 is 5.32 Å². The Bertz CT molecular complexity index is 145. The molecule has 2 nitrogen and oxygen atoms in total. The lowest BCUT2D eigenvalue weighted by Gasteiger charge is -2.25. The summed E-state index contributed by atoms with van der Waals surface area (Å²) in [6, 6.07) is 0. The predicted octanol–water partition coefficient (Wildman–Crippen LogP) is 1.99. The molecule has 0 aromatic rings. The van der Waals surface area contributed by atoms with Gasteiger partial charge in [-0.2, -0.15) is 0 Å². The van der Waals surface area contributed by atoms with Crippen LogP contribution in [0.5, 0.6) is 0 Å². The summed E-state index contributed by atoms with van der Waals surface area (Å²) < 4.78 is 0. The van der Waals surface area contributed by atoms with Gasteiger partial charge in [0.25, 0.3) is 0 Å². The van der Waals surface area contributed by atoms with E-state index in [1.54, 1.807) is 6.92 Å². The molecule has 0 saturated carbocycles. The van der Waals surface area contributed by atoms with Crippen molar-refractivity contribution in [2.75, 3.05) is 12.3 Å². The van der Waals surface area contributed by atoms with Crippen LogP contribution in [0.2, 0.25) is 0 Å². The number of amides is 1. The Hall–Kier alpha value is -0.100. The fourth-order valence-corrected chi connectivity index (χ4v) is 2.27. The summed E-state index contributed by atoms with van der Waals surface area (Å²) in [7, 11) is 1.03. The maximum Gasteiger partial charge on any atom is 0.217 e. The van der Waals surface area contributed by atoms with E-state index in [1.807, 2.05) is 0 Å². The summed E-state index contributed by atoms with van der Waals surface area (Å²) in [6.45, 7) is 7.93. The summed E-state index contributed by atoms with van der Waals surface area (Å²) in [5.41, 5.74) is -0.0198. The normalized spacial score (nSPS) is 12.3. The maximum absolute atomic E-state index is 10.8. The molecular weight excluding hydrogens is 169 g/mol. The minimum absolute atomic E-state index is 0.0198. The van der Waals surface area contributed by atoms with Crippen LogP contribution in [-0.2, 0) is 4.79 Å². The first-order valence-corrected chi connectivity index (χ1v) is 5.89. The number of carbonyl (C=O) groups excluding carboxylic acids is 1. The van der Waals surface area contributed by atoms with Gasteiger partial charge in [-0.1, -0.05) is 6.92 Å². The van der Waals surface area contributed by atoms with Gasteiger partial charge in [-0.15, -0.1) is 8.58 Å². The Balaban J connectivity index is 3.63. The van der Waals surface area contributed by atoms with Crippen molar-refractivity contribution in [1.29, 1.82) is 0 Å². The summed E-state index contributed by atoms with van der Waals surface area (Å²) in [6.07, 6.45) is 3.57. The zero-order valence-corrected chi connectivity index (χ0v) is 9.53. The number of hydrogen-bond donors (Lipinski definition) is 1. The van der Waals surface area contributed by atoms with Crippen molar-refractivity contribution >= 4 is 14.5 Å². The standard InChI is InChI=1S/C9H20NOP/c1-5-12-7-6-9(3,4)10-8(2)11/h12H,5-7H2,1-4H3,(H,10,11). The van der Waals surface area contributed by atoms with E-state index in [2.05, 4.69) is 26.1 Å². The molecule has 1 atom stereocenters. The molecule has 72 valence electrons. The highest BCUT2D eigenvalue weighted by atomic mass is 31.1. The van der Waals surface area contributed by atoms with Crippen molar-refractivity contribution in [2.45, 2.75) is 39.7 Å². The third-order valence-corrected chi connectivity index (χ3v) is 2.79. The van der Waals surface area contributed by atoms with Crippen molar-refractivity contribution in [3.8, 4) is 0 Å². The molecule has 1 unspecified atom stereocenters. The van der Waals surface area contributed by atoms with Crippen LogP contribution >= 0.6 is 8.58 Å². The Morgan fingerprint density at radius 3 is 2.50 bits per heavy atom. The molecule has 0 heterocycles. The van der Waals surface area contributed by atoms with Crippen LogP contribution in [0.25, 0.3) is 0 Å². The van der Waals surface area contributed by atoms with Crippen molar-refractivity contribution < 1.29 is 4.79 Å². The smallest absolute Gasteiger partial charge is 0.217 e. The van der Waals surface area contributed by atoms with Crippen molar-refractivity contribution in [1.82, 2.24) is 5.32 Å². The van der Waals surface area contributed by atoms with E-state index >= 15 is 0 Å². The predicted molar refractivity (Wildman–Crippen MR) is 56.2 cm³/mol. The molecule has 0 saturated heterocycles. The van der Waals surface area contributed by atoms with E-state index < -0.39 is 0 Å². The zero-order valence-electron chi connectivity index (χ0n) is 8.53. The molecule has 0 aliphatic rings. The summed E-state index contributed by atoms with van der Waals surface area (Å²) in [5.74, 6) is 0.0693. The van der Waals surface area contributed by atoms with Gasteiger partial charge in [0.15, 0.2) is 0 Å². The van der Waals surface area contributed by atoms with E-state index in [9.17, 15) is 4.79 Å². The van der Waals surface area contributed by atoms with Crippen LogP contribution in [-0.4, -0.2) is 23.8 Å². The number of carbonyl (C=O) groups is 1. The van der Waals surface area contributed by atoms with Crippen LogP contribution in [0, 0.1) is 0 Å². The number of nitrogens with one attached hydrogen (secondary N) is 1. The van der Waals surface area contributed by atoms with Gasteiger partial charge in [-0.05, 0) is 32.6 Å². The van der Waals surface area contributed by atoms with Gasteiger partial charge in [0.05, 0.1) is 0 Å². The molecule has 0 aromatic heterocycles. The van der Waals surface area contributed by atoms with E-state index in [1.165, 1.54) is 12.3 Å². The van der Waals surface area contributed by atoms with Gasteiger partial charge in [0, 0.05) is 12.5 Å². The molecule has 0 aromatic carbocycles. The second-order valence-corrected chi connectivity index (χ2v) is 5.38. The van der Waals surface area contributed by atoms with Crippen LogP contribution in [0.4, 0.5) is 0 Å². The Morgan fingerprint density at radius 2 is 2.08 bits per heavy atom. The van der Waals surface area contributed by atoms with Gasteiger partial charge in [-0.3, -0.25) is 4.79 Å². The lowest BCUT2D eigenvalue weighted by molar-refractivity contribution is -0.120. The first kappa shape index (κ1) is 11.9. The molecule has 0 radical (unpaired) electrons. The molecule has 0 bridgehead atoms. The lowest BCUT2D eigenvalue weighted by atomic mass is 10.0. The van der Waals surface area contributed by atoms with Gasteiger partial charge in [-0.25, -0.2) is 0 Å². The fourth-order valence-electron chi connectivity index (χ4n) is 1.12. The molecule has 1 N–H and O–H groups in total. The average Bonchev–Trinajstić information content (AvgIpc) is 1.84. The molecule has 3 heteroatoms. The highest BCUT2D eigenvalue weighted by molar-refractivity contribution is 7.37. The third-order valence-electron chi connectivity index (χ3n) is 1.69. The summed E-state index contributed by atoms with van der Waals surface area (Å²) in [5, 5.41) is 2.94. The van der Waals surface area contributed by atoms with Crippen molar-refractivity contribution in [3.05, 3.63) is 0 Å². The Labute approximate surface area is 77.3 Å². The highest BCUT2D eigenvalue weighted by Crippen LogP contribution is 2.17. The first-order chi connectivity index (χ1) is 5.48. The van der Waals surface area contributed by atoms with Crippen LogP contribution in [0.3, 0.4) is 0 Å². The van der Waals surface area contributed by atoms with E-state index in [4.69, 9.17) is 0 Å². The van der Waals surface area contributed by atoms with E-state index in [0.29, 0.717) is 0 Å². The second-order valence-electron chi connectivity index (χ2n) is 3.67. The monoisotopic (exact) mass is 189 g/mol. The van der Waals surface area contributed by atoms with Crippen LogP contribution < -0.4 is 5.32 Å². The quantitative estimate of drug-likeness (QED) is 0.520. The largest absolute Gasteiger partial charge is 0.351 e. The summed E-state index contributed by atoms with van der Waals surface area (Å²) in [4.78, 5) is 10.8. The molecule has 0 rings (SSSR count). The third kappa shape index (κ3) is 6.60. The van der Waals surface area contributed by atoms with E-state index in [0.717, 1.165) is 15.0 Å². The van der Waals surface area contributed by atoms with Gasteiger partial charge >= 0.3 is 0 Å². The summed E-state index contributed by atoms with van der Waals surface area (Å²) >= 11 is 0. The topological polar surface area (TPSA) is 29.1 Å². The molecular formula is C9H20NOP. The molecule has 0 spiro atoms. The maximum atomic E-state index is 10.8. The molecule has 0 fully saturated rings. The molecule has 0 aliphatic heterocycles. The van der Waals surface area contributed by atoms with Crippen molar-refractivity contribution in [2.24, 2.45) is 0 Å².